The van der Waals surface area contributed by atoms with Gasteiger partial charge in [-0.15, -0.1) is 0 Å². The number of para-hydroxylation sites is 1. The summed E-state index contributed by atoms with van der Waals surface area (Å²) in [5.74, 6) is 1.89. The third-order valence-electron chi connectivity index (χ3n) is 2.64. The topological polar surface area (TPSA) is 35.0 Å². The van der Waals surface area contributed by atoms with E-state index in [-0.39, 0.29) is 0 Å². The Kier molecular flexibility index (Phi) is 5.38. The van der Waals surface area contributed by atoms with E-state index in [1.54, 1.807) is 0 Å². The van der Waals surface area contributed by atoms with Gasteiger partial charge in [-0.1, -0.05) is 43.6 Å². The van der Waals surface area contributed by atoms with Crippen LogP contribution >= 0.6 is 27.5 Å². The maximum atomic E-state index is 6.13. The number of halogens is 2. The Balaban J connectivity index is 2.14. The summed E-state index contributed by atoms with van der Waals surface area (Å²) in [6, 6.07) is 9.59. The first-order valence-corrected chi connectivity index (χ1v) is 7.62. The predicted molar refractivity (Wildman–Crippen MR) is 84.1 cm³/mol. The van der Waals surface area contributed by atoms with Crippen molar-refractivity contribution in [2.45, 2.75) is 26.9 Å². The molecule has 1 heterocycles. The van der Waals surface area contributed by atoms with E-state index in [4.69, 9.17) is 16.3 Å². The van der Waals surface area contributed by atoms with Gasteiger partial charge in [0.05, 0.1) is 10.2 Å². The molecule has 0 fully saturated rings. The lowest BCUT2D eigenvalue weighted by Gasteiger charge is -2.11. The number of benzene rings is 1. The molecule has 0 N–H and O–H groups in total. The summed E-state index contributed by atoms with van der Waals surface area (Å²) in [7, 11) is 0. The summed E-state index contributed by atoms with van der Waals surface area (Å²) in [4.78, 5) is 8.76. The van der Waals surface area contributed by atoms with Gasteiger partial charge in [0, 0.05) is 0 Å². The second-order valence-corrected chi connectivity index (χ2v) is 6.04. The van der Waals surface area contributed by atoms with Crippen LogP contribution in [0.1, 0.15) is 25.4 Å². The number of ether oxygens (including phenoxy) is 1. The zero-order valence-corrected chi connectivity index (χ0v) is 13.8. The van der Waals surface area contributed by atoms with Crippen molar-refractivity contribution in [3.63, 3.8) is 0 Å². The Bertz CT molecular complexity index is 576. The normalized spacial score (nSPS) is 10.8. The first-order chi connectivity index (χ1) is 9.56. The highest BCUT2D eigenvalue weighted by molar-refractivity contribution is 9.10. The molecule has 0 aliphatic carbocycles. The Labute approximate surface area is 132 Å². The van der Waals surface area contributed by atoms with E-state index in [0.717, 1.165) is 22.3 Å². The zero-order valence-electron chi connectivity index (χ0n) is 11.4. The molecule has 0 radical (unpaired) electrons. The van der Waals surface area contributed by atoms with E-state index in [1.165, 1.54) is 0 Å². The first-order valence-electron chi connectivity index (χ1n) is 6.45. The molecule has 5 heteroatoms. The van der Waals surface area contributed by atoms with Gasteiger partial charge < -0.3 is 4.74 Å². The fraction of sp³-hybridized carbons (Fsp3) is 0.333. The maximum absolute atomic E-state index is 6.13. The third-order valence-corrected chi connectivity index (χ3v) is 3.97. The fourth-order valence-corrected chi connectivity index (χ4v) is 2.31. The standard InChI is InChI=1S/C15H16BrClN2O/c1-10(2)8-12-14(16)15(17)19-13(18-12)9-20-11-6-4-3-5-7-11/h3-7,10H,8-9H2,1-2H3. The molecule has 106 valence electrons. The lowest BCUT2D eigenvalue weighted by Crippen LogP contribution is -2.07. The molecule has 3 nitrogen and oxygen atoms in total. The van der Waals surface area contributed by atoms with Gasteiger partial charge in [0.2, 0.25) is 0 Å². The highest BCUT2D eigenvalue weighted by Crippen LogP contribution is 2.25. The quantitative estimate of drug-likeness (QED) is 0.731. The van der Waals surface area contributed by atoms with E-state index < -0.39 is 0 Å². The Morgan fingerprint density at radius 2 is 1.90 bits per heavy atom. The van der Waals surface area contributed by atoms with Crippen LogP contribution in [-0.2, 0) is 13.0 Å². The summed E-state index contributed by atoms with van der Waals surface area (Å²) in [5, 5.41) is 0.433. The monoisotopic (exact) mass is 354 g/mol. The van der Waals surface area contributed by atoms with Crippen LogP contribution in [0.4, 0.5) is 0 Å². The fourth-order valence-electron chi connectivity index (χ4n) is 1.76. The molecule has 1 aromatic carbocycles. The van der Waals surface area contributed by atoms with E-state index in [9.17, 15) is 0 Å². The third kappa shape index (κ3) is 4.18. The zero-order chi connectivity index (χ0) is 14.5. The van der Waals surface area contributed by atoms with Crippen molar-refractivity contribution in [1.29, 1.82) is 0 Å². The lowest BCUT2D eigenvalue weighted by molar-refractivity contribution is 0.295. The molecule has 0 unspecified atom stereocenters. The molecule has 0 spiro atoms. The van der Waals surface area contributed by atoms with Crippen LogP contribution in [0, 0.1) is 5.92 Å². The Morgan fingerprint density at radius 1 is 1.20 bits per heavy atom. The van der Waals surface area contributed by atoms with Crippen molar-refractivity contribution in [3.8, 4) is 5.75 Å². The molecule has 0 saturated heterocycles. The number of rotatable bonds is 5. The molecule has 0 bridgehead atoms. The molecular weight excluding hydrogens is 340 g/mol. The van der Waals surface area contributed by atoms with Crippen LogP contribution in [0.25, 0.3) is 0 Å². The minimum absolute atomic E-state index is 0.308. The van der Waals surface area contributed by atoms with Crippen molar-refractivity contribution in [2.75, 3.05) is 0 Å². The first kappa shape index (κ1) is 15.3. The summed E-state index contributed by atoms with van der Waals surface area (Å²) >= 11 is 9.57. The highest BCUT2D eigenvalue weighted by Gasteiger charge is 2.12. The molecule has 0 aliphatic heterocycles. The molecule has 1 aromatic heterocycles. The Hall–Kier alpha value is -1.13. The Morgan fingerprint density at radius 3 is 2.55 bits per heavy atom. The molecule has 0 aliphatic rings. The summed E-state index contributed by atoms with van der Waals surface area (Å²) in [5.41, 5.74) is 0.923. The lowest BCUT2D eigenvalue weighted by atomic mass is 10.1. The molecular formula is C15H16BrClN2O. The van der Waals surface area contributed by atoms with Crippen molar-refractivity contribution in [1.82, 2.24) is 9.97 Å². The molecule has 20 heavy (non-hydrogen) atoms. The van der Waals surface area contributed by atoms with Crippen molar-refractivity contribution in [3.05, 3.63) is 51.5 Å². The van der Waals surface area contributed by atoms with Gasteiger partial charge in [0.1, 0.15) is 17.5 Å². The molecule has 0 saturated carbocycles. The van der Waals surface area contributed by atoms with Gasteiger partial charge in [-0.2, -0.15) is 0 Å². The molecule has 0 amide bonds. The van der Waals surface area contributed by atoms with Crippen LogP contribution < -0.4 is 4.74 Å². The summed E-state index contributed by atoms with van der Waals surface area (Å²) in [6.07, 6.45) is 0.848. The van der Waals surface area contributed by atoms with Gasteiger partial charge in [0.15, 0.2) is 5.82 Å². The minimum atomic E-state index is 0.308. The molecule has 2 aromatic rings. The van der Waals surface area contributed by atoms with E-state index in [2.05, 4.69) is 39.7 Å². The van der Waals surface area contributed by atoms with Crippen LogP contribution in [-0.4, -0.2) is 9.97 Å². The molecule has 0 atom stereocenters. The van der Waals surface area contributed by atoms with Gasteiger partial charge in [-0.05, 0) is 40.4 Å². The molecule has 2 rings (SSSR count). The number of aromatic nitrogens is 2. The van der Waals surface area contributed by atoms with Crippen molar-refractivity contribution in [2.24, 2.45) is 5.92 Å². The van der Waals surface area contributed by atoms with E-state index in [1.807, 2.05) is 30.3 Å². The SMILES string of the molecule is CC(C)Cc1nc(COc2ccccc2)nc(Cl)c1Br. The van der Waals surface area contributed by atoms with Crippen molar-refractivity contribution < 1.29 is 4.74 Å². The number of nitrogens with zero attached hydrogens (tertiary/aromatic N) is 2. The average Bonchev–Trinajstić information content (AvgIpc) is 2.42. The predicted octanol–water partition coefficient (Wildman–Crippen LogP) is 4.67. The van der Waals surface area contributed by atoms with E-state index in [0.29, 0.717) is 23.5 Å². The van der Waals surface area contributed by atoms with Gasteiger partial charge >= 0.3 is 0 Å². The van der Waals surface area contributed by atoms with Crippen LogP contribution in [0.3, 0.4) is 0 Å². The summed E-state index contributed by atoms with van der Waals surface area (Å²) < 4.78 is 6.42. The van der Waals surface area contributed by atoms with E-state index >= 15 is 0 Å². The smallest absolute Gasteiger partial charge is 0.167 e. The largest absolute Gasteiger partial charge is 0.486 e. The average molecular weight is 356 g/mol. The number of hydrogen-bond acceptors (Lipinski definition) is 3. The highest BCUT2D eigenvalue weighted by atomic mass is 79.9. The van der Waals surface area contributed by atoms with Gasteiger partial charge in [-0.25, -0.2) is 9.97 Å². The van der Waals surface area contributed by atoms with Crippen molar-refractivity contribution >= 4 is 27.5 Å². The van der Waals surface area contributed by atoms with Crippen LogP contribution in [0.15, 0.2) is 34.8 Å². The van der Waals surface area contributed by atoms with Gasteiger partial charge in [-0.3, -0.25) is 0 Å². The second kappa shape index (κ2) is 7.04. The van der Waals surface area contributed by atoms with Crippen LogP contribution in [0.5, 0.6) is 5.75 Å². The van der Waals surface area contributed by atoms with Crippen LogP contribution in [0.2, 0.25) is 5.15 Å². The van der Waals surface area contributed by atoms with Gasteiger partial charge in [0.25, 0.3) is 0 Å². The maximum Gasteiger partial charge on any atom is 0.167 e. The second-order valence-electron chi connectivity index (χ2n) is 4.89. The number of hydrogen-bond donors (Lipinski definition) is 0. The minimum Gasteiger partial charge on any atom is -0.486 e. The summed E-state index contributed by atoms with van der Waals surface area (Å²) in [6.45, 7) is 4.59.